The lowest BCUT2D eigenvalue weighted by molar-refractivity contribution is -0.170. The number of benzene rings is 1. The highest BCUT2D eigenvalue weighted by Gasteiger charge is 2.48. The maximum Gasteiger partial charge on any atom is 0.317 e. The number of ether oxygens (including phenoxy) is 1. The van der Waals surface area contributed by atoms with Crippen molar-refractivity contribution in [3.8, 4) is 0 Å². The molecule has 0 radical (unpaired) electrons. The molecule has 1 rings (SSSR count). The smallest absolute Gasteiger partial charge is 0.317 e. The van der Waals surface area contributed by atoms with Crippen molar-refractivity contribution >= 4 is 5.97 Å². The minimum absolute atomic E-state index is 0.0141. The van der Waals surface area contributed by atoms with Gasteiger partial charge in [-0.2, -0.15) is 0 Å². The average molecular weight is 314 g/mol. The van der Waals surface area contributed by atoms with E-state index in [9.17, 15) is 18.7 Å². The van der Waals surface area contributed by atoms with Gasteiger partial charge in [0, 0.05) is 0 Å². The molecule has 1 aromatic rings. The normalized spacial score (nSPS) is 16.9. The molecule has 0 saturated carbocycles. The second-order valence-electron chi connectivity index (χ2n) is 5.54. The lowest BCUT2D eigenvalue weighted by Crippen LogP contribution is -2.44. The SMILES string of the molecule is CCC(C)c1ccc(C(O)(CC)C(C(=O)OC)C(F)F)cc1. The predicted molar refractivity (Wildman–Crippen MR) is 80.8 cm³/mol. The Hall–Kier alpha value is -1.49. The van der Waals surface area contributed by atoms with Gasteiger partial charge in [-0.25, -0.2) is 8.78 Å². The zero-order chi connectivity index (χ0) is 16.9. The monoisotopic (exact) mass is 314 g/mol. The summed E-state index contributed by atoms with van der Waals surface area (Å²) in [6, 6.07) is 6.85. The molecular weight excluding hydrogens is 290 g/mol. The Kier molecular flexibility index (Phi) is 6.48. The highest BCUT2D eigenvalue weighted by Crippen LogP contribution is 2.38. The van der Waals surface area contributed by atoms with E-state index in [0.29, 0.717) is 11.5 Å². The summed E-state index contributed by atoms with van der Waals surface area (Å²) in [6.45, 7) is 5.70. The van der Waals surface area contributed by atoms with Gasteiger partial charge >= 0.3 is 5.97 Å². The highest BCUT2D eigenvalue weighted by atomic mass is 19.3. The van der Waals surface area contributed by atoms with Crippen LogP contribution in [0.4, 0.5) is 8.78 Å². The number of hydrogen-bond acceptors (Lipinski definition) is 3. The van der Waals surface area contributed by atoms with Crippen LogP contribution in [0.25, 0.3) is 0 Å². The standard InChI is InChI=1S/C17H24F2O3/c1-5-11(3)12-7-9-13(10-8-12)17(21,6-2)14(15(18)19)16(20)22-4/h7-11,14-15,21H,5-6H2,1-4H3. The van der Waals surface area contributed by atoms with E-state index in [1.165, 1.54) is 0 Å². The number of carbonyl (C=O) groups excluding carboxylic acids is 1. The van der Waals surface area contributed by atoms with Gasteiger partial charge in [0.05, 0.1) is 7.11 Å². The molecule has 1 N–H and O–H groups in total. The van der Waals surface area contributed by atoms with Crippen molar-refractivity contribution in [2.24, 2.45) is 5.92 Å². The molecular formula is C17H24F2O3. The lowest BCUT2D eigenvalue weighted by atomic mass is 9.78. The van der Waals surface area contributed by atoms with Gasteiger partial charge in [-0.1, -0.05) is 45.0 Å². The molecule has 0 aliphatic heterocycles. The third-order valence-electron chi connectivity index (χ3n) is 4.35. The van der Waals surface area contributed by atoms with Crippen LogP contribution >= 0.6 is 0 Å². The molecule has 3 nitrogen and oxygen atoms in total. The minimum Gasteiger partial charge on any atom is -0.469 e. The van der Waals surface area contributed by atoms with Gasteiger partial charge in [-0.05, 0) is 29.9 Å². The molecule has 0 bridgehead atoms. The second kappa shape index (κ2) is 7.68. The first-order chi connectivity index (χ1) is 10.3. The van der Waals surface area contributed by atoms with E-state index in [-0.39, 0.29) is 6.42 Å². The number of halogens is 2. The molecule has 22 heavy (non-hydrogen) atoms. The van der Waals surface area contributed by atoms with E-state index in [1.54, 1.807) is 19.1 Å². The molecule has 0 saturated heterocycles. The first kappa shape index (κ1) is 18.6. The van der Waals surface area contributed by atoms with Gasteiger partial charge < -0.3 is 9.84 Å². The molecule has 0 fully saturated rings. The van der Waals surface area contributed by atoms with Gasteiger partial charge in [-0.15, -0.1) is 0 Å². The predicted octanol–water partition coefficient (Wildman–Crippen LogP) is 3.85. The molecule has 0 aliphatic rings. The second-order valence-corrected chi connectivity index (χ2v) is 5.54. The van der Waals surface area contributed by atoms with E-state index in [1.807, 2.05) is 12.1 Å². The number of esters is 1. The molecule has 0 aromatic heterocycles. The Morgan fingerprint density at radius 1 is 1.27 bits per heavy atom. The fraction of sp³-hybridized carbons (Fsp3) is 0.588. The number of carbonyl (C=O) groups is 1. The van der Waals surface area contributed by atoms with E-state index >= 15 is 0 Å². The third kappa shape index (κ3) is 3.64. The summed E-state index contributed by atoms with van der Waals surface area (Å²) >= 11 is 0. The highest BCUT2D eigenvalue weighted by molar-refractivity contribution is 5.74. The van der Waals surface area contributed by atoms with E-state index in [2.05, 4.69) is 18.6 Å². The Morgan fingerprint density at radius 3 is 2.18 bits per heavy atom. The summed E-state index contributed by atoms with van der Waals surface area (Å²) in [7, 11) is 1.04. The van der Waals surface area contributed by atoms with E-state index in [0.717, 1.165) is 19.1 Å². The molecule has 0 aliphatic carbocycles. The van der Waals surface area contributed by atoms with E-state index in [4.69, 9.17) is 0 Å². The van der Waals surface area contributed by atoms with Crippen LogP contribution in [0.5, 0.6) is 0 Å². The molecule has 0 heterocycles. The van der Waals surface area contributed by atoms with E-state index < -0.39 is 23.9 Å². The molecule has 3 unspecified atom stereocenters. The van der Waals surface area contributed by atoms with Crippen LogP contribution < -0.4 is 0 Å². The van der Waals surface area contributed by atoms with Crippen LogP contribution in [-0.2, 0) is 15.1 Å². The van der Waals surface area contributed by atoms with Crippen molar-refractivity contribution < 1.29 is 23.4 Å². The molecule has 3 atom stereocenters. The number of aliphatic hydroxyl groups is 1. The lowest BCUT2D eigenvalue weighted by Gasteiger charge is -2.34. The zero-order valence-corrected chi connectivity index (χ0v) is 13.5. The summed E-state index contributed by atoms with van der Waals surface area (Å²) in [5.41, 5.74) is -0.580. The van der Waals surface area contributed by atoms with Gasteiger partial charge in [0.1, 0.15) is 5.60 Å². The summed E-state index contributed by atoms with van der Waals surface area (Å²) in [6.07, 6.45) is -2.06. The van der Waals surface area contributed by atoms with Crippen molar-refractivity contribution in [1.29, 1.82) is 0 Å². The number of rotatable bonds is 7. The molecule has 5 heteroatoms. The molecule has 0 spiro atoms. The van der Waals surface area contributed by atoms with Crippen molar-refractivity contribution in [3.63, 3.8) is 0 Å². The van der Waals surface area contributed by atoms with Crippen LogP contribution in [0.1, 0.15) is 50.7 Å². The maximum atomic E-state index is 13.3. The van der Waals surface area contributed by atoms with Crippen LogP contribution in [0, 0.1) is 5.92 Å². The fourth-order valence-corrected chi connectivity index (χ4v) is 2.57. The molecule has 1 aromatic carbocycles. The Bertz CT molecular complexity index is 487. The number of alkyl halides is 2. The topological polar surface area (TPSA) is 46.5 Å². The van der Waals surface area contributed by atoms with Gasteiger partial charge in [0.25, 0.3) is 6.43 Å². The summed E-state index contributed by atoms with van der Waals surface area (Å²) in [4.78, 5) is 11.7. The van der Waals surface area contributed by atoms with Crippen molar-refractivity contribution in [1.82, 2.24) is 0 Å². The summed E-state index contributed by atoms with van der Waals surface area (Å²) in [5, 5.41) is 10.7. The first-order valence-electron chi connectivity index (χ1n) is 7.50. The molecule has 0 amide bonds. The van der Waals surface area contributed by atoms with Crippen LogP contribution in [-0.4, -0.2) is 24.6 Å². The van der Waals surface area contributed by atoms with Crippen molar-refractivity contribution in [3.05, 3.63) is 35.4 Å². The summed E-state index contributed by atoms with van der Waals surface area (Å²) < 4.78 is 31.1. The Labute approximate surface area is 130 Å². The van der Waals surface area contributed by atoms with Gasteiger partial charge in [0.15, 0.2) is 5.92 Å². The Morgan fingerprint density at radius 2 is 1.82 bits per heavy atom. The molecule has 124 valence electrons. The summed E-state index contributed by atoms with van der Waals surface area (Å²) in [5.74, 6) is -2.67. The van der Waals surface area contributed by atoms with Crippen LogP contribution in [0.3, 0.4) is 0 Å². The first-order valence-corrected chi connectivity index (χ1v) is 7.50. The maximum absolute atomic E-state index is 13.3. The van der Waals surface area contributed by atoms with Crippen molar-refractivity contribution in [2.45, 2.75) is 51.6 Å². The quantitative estimate of drug-likeness (QED) is 0.778. The van der Waals surface area contributed by atoms with Crippen molar-refractivity contribution in [2.75, 3.05) is 7.11 Å². The fourth-order valence-electron chi connectivity index (χ4n) is 2.57. The zero-order valence-electron chi connectivity index (χ0n) is 13.5. The van der Waals surface area contributed by atoms with Gasteiger partial charge in [-0.3, -0.25) is 4.79 Å². The van der Waals surface area contributed by atoms with Gasteiger partial charge in [0.2, 0.25) is 0 Å². The average Bonchev–Trinajstić information content (AvgIpc) is 2.53. The largest absolute Gasteiger partial charge is 0.469 e. The number of hydrogen-bond donors (Lipinski definition) is 1. The third-order valence-corrected chi connectivity index (χ3v) is 4.35. The number of methoxy groups -OCH3 is 1. The van der Waals surface area contributed by atoms with Crippen LogP contribution in [0.2, 0.25) is 0 Å². The Balaban J connectivity index is 3.23. The minimum atomic E-state index is -3.01. The van der Waals surface area contributed by atoms with Crippen LogP contribution in [0.15, 0.2) is 24.3 Å².